The van der Waals surface area contributed by atoms with Crippen LogP contribution >= 0.6 is 0 Å². The molecule has 1 aromatic rings. The van der Waals surface area contributed by atoms with Crippen molar-refractivity contribution in [3.05, 3.63) is 29.3 Å². The summed E-state index contributed by atoms with van der Waals surface area (Å²) in [6.07, 6.45) is 0.969. The molecule has 106 valence electrons. The maximum absolute atomic E-state index is 5.63. The third-order valence-electron chi connectivity index (χ3n) is 4.39. The van der Waals surface area contributed by atoms with Gasteiger partial charge in [0.1, 0.15) is 0 Å². The first-order valence-electron chi connectivity index (χ1n) is 7.29. The molecule has 1 saturated heterocycles. The van der Waals surface area contributed by atoms with Gasteiger partial charge in [0.15, 0.2) is 0 Å². The summed E-state index contributed by atoms with van der Waals surface area (Å²) in [6, 6.07) is 7.99. The van der Waals surface area contributed by atoms with Crippen LogP contribution in [0.2, 0.25) is 0 Å². The smallest absolute Gasteiger partial charge is 0.0397 e. The first-order chi connectivity index (χ1) is 9.02. The van der Waals surface area contributed by atoms with Gasteiger partial charge in [0.05, 0.1) is 0 Å². The van der Waals surface area contributed by atoms with Gasteiger partial charge in [0.2, 0.25) is 0 Å². The lowest BCUT2D eigenvalue weighted by Crippen LogP contribution is -2.55. The van der Waals surface area contributed by atoms with Crippen molar-refractivity contribution in [3.8, 4) is 0 Å². The monoisotopic (exact) mass is 261 g/mol. The van der Waals surface area contributed by atoms with E-state index in [1.807, 2.05) is 0 Å². The second kappa shape index (κ2) is 5.93. The topological polar surface area (TPSA) is 32.5 Å². The summed E-state index contributed by atoms with van der Waals surface area (Å²) in [7, 11) is 2.23. The van der Waals surface area contributed by atoms with Gasteiger partial charge in [-0.05, 0) is 58.0 Å². The zero-order chi connectivity index (χ0) is 14.0. The molecule has 0 bridgehead atoms. The highest BCUT2D eigenvalue weighted by molar-refractivity contribution is 5.55. The van der Waals surface area contributed by atoms with Crippen molar-refractivity contribution in [3.63, 3.8) is 0 Å². The highest BCUT2D eigenvalue weighted by Crippen LogP contribution is 2.25. The summed E-state index contributed by atoms with van der Waals surface area (Å²) in [4.78, 5) is 4.99. The molecule has 1 aromatic carbocycles. The van der Waals surface area contributed by atoms with Crippen LogP contribution in [0.1, 0.15) is 25.0 Å². The fourth-order valence-corrected chi connectivity index (χ4v) is 3.00. The fraction of sp³-hybridized carbons (Fsp3) is 0.625. The van der Waals surface area contributed by atoms with Gasteiger partial charge in [-0.15, -0.1) is 0 Å². The lowest BCUT2D eigenvalue weighted by molar-refractivity contribution is 0.170. The lowest BCUT2D eigenvalue weighted by atomic mass is 10.0. The number of hydrogen-bond donors (Lipinski definition) is 1. The molecule has 0 spiro atoms. The molecule has 0 radical (unpaired) electrons. The van der Waals surface area contributed by atoms with Crippen LogP contribution in [0.25, 0.3) is 0 Å². The Kier molecular flexibility index (Phi) is 4.48. The molecule has 1 fully saturated rings. The van der Waals surface area contributed by atoms with Gasteiger partial charge in [-0.2, -0.15) is 0 Å². The van der Waals surface area contributed by atoms with Crippen molar-refractivity contribution in [1.82, 2.24) is 4.90 Å². The van der Waals surface area contributed by atoms with Crippen LogP contribution < -0.4 is 10.6 Å². The van der Waals surface area contributed by atoms with Crippen molar-refractivity contribution in [1.29, 1.82) is 0 Å². The van der Waals surface area contributed by atoms with Crippen molar-refractivity contribution >= 4 is 5.69 Å². The summed E-state index contributed by atoms with van der Waals surface area (Å²) in [5.41, 5.74) is 9.73. The molecule has 0 aliphatic carbocycles. The van der Waals surface area contributed by atoms with Crippen LogP contribution in [0.3, 0.4) is 0 Å². The molecular weight excluding hydrogens is 234 g/mol. The number of nitrogens with zero attached hydrogens (tertiary/aromatic N) is 2. The summed E-state index contributed by atoms with van der Waals surface area (Å²) in [5.74, 6) is 0. The van der Waals surface area contributed by atoms with E-state index in [1.165, 1.54) is 16.8 Å². The number of piperazine rings is 1. The van der Waals surface area contributed by atoms with E-state index in [0.29, 0.717) is 12.1 Å². The van der Waals surface area contributed by atoms with Crippen molar-refractivity contribution in [2.75, 3.05) is 31.6 Å². The maximum atomic E-state index is 5.63. The first-order valence-corrected chi connectivity index (χ1v) is 7.29. The highest BCUT2D eigenvalue weighted by Gasteiger charge is 2.27. The SMILES string of the molecule is Cc1cc(CCN)ccc1N1CC(C)N(C)C(C)C1. The molecule has 1 aliphatic rings. The largest absolute Gasteiger partial charge is 0.368 e. The molecule has 3 nitrogen and oxygen atoms in total. The van der Waals surface area contributed by atoms with Gasteiger partial charge < -0.3 is 10.6 Å². The molecule has 2 N–H and O–H groups in total. The van der Waals surface area contributed by atoms with Gasteiger partial charge in [-0.3, -0.25) is 4.90 Å². The number of anilines is 1. The second-order valence-electron chi connectivity index (χ2n) is 5.93. The molecule has 2 rings (SSSR count). The van der Waals surface area contributed by atoms with Crippen molar-refractivity contribution in [2.24, 2.45) is 5.73 Å². The van der Waals surface area contributed by atoms with Gasteiger partial charge in [-0.1, -0.05) is 12.1 Å². The number of benzene rings is 1. The minimum Gasteiger partial charge on any atom is -0.368 e. The number of hydrogen-bond acceptors (Lipinski definition) is 3. The Labute approximate surface area is 117 Å². The summed E-state index contributed by atoms with van der Waals surface area (Å²) in [5, 5.41) is 0. The molecule has 19 heavy (non-hydrogen) atoms. The lowest BCUT2D eigenvalue weighted by Gasteiger charge is -2.44. The molecule has 1 heterocycles. The summed E-state index contributed by atoms with van der Waals surface area (Å²) >= 11 is 0. The van der Waals surface area contributed by atoms with E-state index in [1.54, 1.807) is 0 Å². The summed E-state index contributed by atoms with van der Waals surface area (Å²) < 4.78 is 0. The molecule has 3 heteroatoms. The molecule has 2 atom stereocenters. The van der Waals surface area contributed by atoms with Gasteiger partial charge in [-0.25, -0.2) is 0 Å². The van der Waals surface area contributed by atoms with Crippen LogP contribution in [-0.2, 0) is 6.42 Å². The standard InChI is InChI=1S/C16H27N3/c1-12-9-15(7-8-17)5-6-16(12)19-10-13(2)18(4)14(3)11-19/h5-6,9,13-14H,7-8,10-11,17H2,1-4H3. The number of aryl methyl sites for hydroxylation is 1. The molecular formula is C16H27N3. The van der Waals surface area contributed by atoms with Crippen LogP contribution in [0.4, 0.5) is 5.69 Å². The van der Waals surface area contributed by atoms with E-state index >= 15 is 0 Å². The predicted octanol–water partition coefficient (Wildman–Crippen LogP) is 2.03. The quantitative estimate of drug-likeness (QED) is 0.903. The highest BCUT2D eigenvalue weighted by atomic mass is 15.3. The van der Waals surface area contributed by atoms with E-state index in [9.17, 15) is 0 Å². The Hall–Kier alpha value is -1.06. The van der Waals surface area contributed by atoms with Gasteiger partial charge in [0.25, 0.3) is 0 Å². The van der Waals surface area contributed by atoms with E-state index < -0.39 is 0 Å². The number of nitrogens with two attached hydrogens (primary N) is 1. The van der Waals surface area contributed by atoms with Crippen LogP contribution in [0.5, 0.6) is 0 Å². The Morgan fingerprint density at radius 2 is 1.84 bits per heavy atom. The number of rotatable bonds is 3. The molecule has 0 aromatic heterocycles. The number of likely N-dealkylation sites (N-methyl/N-ethyl adjacent to an activating group) is 1. The Morgan fingerprint density at radius 3 is 2.37 bits per heavy atom. The predicted molar refractivity (Wildman–Crippen MR) is 82.8 cm³/mol. The van der Waals surface area contributed by atoms with Crippen molar-refractivity contribution in [2.45, 2.75) is 39.3 Å². The minimum atomic E-state index is 0.604. The first kappa shape index (κ1) is 14.4. The van der Waals surface area contributed by atoms with Crippen LogP contribution in [-0.4, -0.2) is 43.7 Å². The average Bonchev–Trinajstić information content (AvgIpc) is 2.36. The normalized spacial score (nSPS) is 24.8. The van der Waals surface area contributed by atoms with E-state index in [2.05, 4.69) is 55.8 Å². The molecule has 1 aliphatic heterocycles. The van der Waals surface area contributed by atoms with Gasteiger partial charge in [0, 0.05) is 30.9 Å². The molecule has 0 saturated carbocycles. The minimum absolute atomic E-state index is 0.604. The van der Waals surface area contributed by atoms with Gasteiger partial charge >= 0.3 is 0 Å². The Balaban J connectivity index is 2.18. The second-order valence-corrected chi connectivity index (χ2v) is 5.93. The third kappa shape index (κ3) is 3.10. The maximum Gasteiger partial charge on any atom is 0.0397 e. The van der Waals surface area contributed by atoms with Crippen LogP contribution in [0, 0.1) is 6.92 Å². The van der Waals surface area contributed by atoms with E-state index in [-0.39, 0.29) is 0 Å². The third-order valence-corrected chi connectivity index (χ3v) is 4.39. The Morgan fingerprint density at radius 1 is 1.21 bits per heavy atom. The summed E-state index contributed by atoms with van der Waals surface area (Å²) in [6.45, 7) is 9.77. The van der Waals surface area contributed by atoms with Crippen LogP contribution in [0.15, 0.2) is 18.2 Å². The molecule has 2 unspecified atom stereocenters. The Bertz CT molecular complexity index is 418. The average molecular weight is 261 g/mol. The van der Waals surface area contributed by atoms with Crippen molar-refractivity contribution < 1.29 is 0 Å². The molecule has 0 amide bonds. The zero-order valence-corrected chi connectivity index (χ0v) is 12.7. The zero-order valence-electron chi connectivity index (χ0n) is 12.7. The van der Waals surface area contributed by atoms with E-state index in [0.717, 1.165) is 26.1 Å². The fourth-order valence-electron chi connectivity index (χ4n) is 3.00. The van der Waals surface area contributed by atoms with E-state index in [4.69, 9.17) is 5.73 Å².